The summed E-state index contributed by atoms with van der Waals surface area (Å²) in [5.74, 6) is 1.42. The first kappa shape index (κ1) is 28.1. The highest BCUT2D eigenvalue weighted by Crippen LogP contribution is 2.33. The summed E-state index contributed by atoms with van der Waals surface area (Å²) in [5, 5.41) is 5.73. The standard InChI is InChI=1S/C29H23I2N3O6/c1-4-38-29(36)16(2)39-26-20(30)12-17(13-21(26)31)15-32-34-27(33-22-9-6-5-8-18(22)28(34)35)25-14-19-23(37-3)10-7-11-24(19)40-25/h5-16H,4H2,1-3H3/t16-/m0/s1. The molecule has 0 N–H and O–H groups in total. The van der Waals surface area contributed by atoms with Gasteiger partial charge in [0, 0.05) is 0 Å². The third-order valence-electron chi connectivity index (χ3n) is 5.97. The van der Waals surface area contributed by atoms with E-state index in [1.807, 2.05) is 36.4 Å². The fourth-order valence-corrected chi connectivity index (χ4v) is 6.16. The van der Waals surface area contributed by atoms with E-state index in [2.05, 4.69) is 50.3 Å². The van der Waals surface area contributed by atoms with Crippen LogP contribution in [-0.4, -0.2) is 41.7 Å². The van der Waals surface area contributed by atoms with Crippen molar-refractivity contribution in [1.82, 2.24) is 9.66 Å². The van der Waals surface area contributed by atoms with Gasteiger partial charge in [-0.05, 0) is 107 Å². The zero-order valence-corrected chi connectivity index (χ0v) is 26.0. The quantitative estimate of drug-likeness (QED) is 0.105. The SMILES string of the molecule is CCOC(=O)[C@H](C)Oc1c(I)cc(C=Nn2c(-c3cc4c(OC)cccc4o3)nc3ccccc3c2=O)cc1I. The molecular formula is C29H23I2N3O6. The number of nitrogens with zero attached hydrogens (tertiary/aromatic N) is 3. The van der Waals surface area contributed by atoms with Gasteiger partial charge in [0.2, 0.25) is 5.82 Å². The van der Waals surface area contributed by atoms with Gasteiger partial charge in [-0.2, -0.15) is 9.78 Å². The van der Waals surface area contributed by atoms with Crippen LogP contribution in [0.4, 0.5) is 0 Å². The van der Waals surface area contributed by atoms with E-state index in [-0.39, 0.29) is 18.0 Å². The van der Waals surface area contributed by atoms with E-state index in [1.165, 1.54) is 4.68 Å². The second-order valence-corrected chi connectivity index (χ2v) is 10.9. The van der Waals surface area contributed by atoms with Crippen LogP contribution in [0.3, 0.4) is 0 Å². The van der Waals surface area contributed by atoms with Crippen molar-refractivity contribution in [2.45, 2.75) is 20.0 Å². The molecule has 3 aromatic carbocycles. The monoisotopic (exact) mass is 763 g/mol. The fraction of sp³-hybridized carbons (Fsp3) is 0.172. The van der Waals surface area contributed by atoms with Crippen molar-refractivity contribution in [3.63, 3.8) is 0 Å². The van der Waals surface area contributed by atoms with Crippen molar-refractivity contribution in [3.05, 3.63) is 83.7 Å². The van der Waals surface area contributed by atoms with Gasteiger partial charge in [0.05, 0.1) is 43.4 Å². The molecule has 5 rings (SSSR count). The van der Waals surface area contributed by atoms with Crippen LogP contribution >= 0.6 is 45.2 Å². The molecule has 2 aromatic heterocycles. The Morgan fingerprint density at radius 2 is 1.85 bits per heavy atom. The molecule has 0 fully saturated rings. The van der Waals surface area contributed by atoms with Gasteiger partial charge in [-0.3, -0.25) is 4.79 Å². The number of benzene rings is 3. The molecule has 0 unspecified atom stereocenters. The summed E-state index contributed by atoms with van der Waals surface area (Å²) in [7, 11) is 1.59. The Bertz CT molecular complexity index is 1810. The van der Waals surface area contributed by atoms with E-state index in [0.717, 1.165) is 18.1 Å². The molecule has 0 radical (unpaired) electrons. The topological polar surface area (TPSA) is 105 Å². The third-order valence-corrected chi connectivity index (χ3v) is 7.57. The second-order valence-electron chi connectivity index (χ2n) is 8.62. The zero-order valence-electron chi connectivity index (χ0n) is 21.7. The van der Waals surface area contributed by atoms with Crippen LogP contribution in [0, 0.1) is 7.14 Å². The molecule has 11 heteroatoms. The molecule has 2 heterocycles. The first-order valence-corrected chi connectivity index (χ1v) is 14.4. The van der Waals surface area contributed by atoms with Crippen molar-refractivity contribution in [1.29, 1.82) is 0 Å². The Hall–Kier alpha value is -3.46. The molecule has 0 aliphatic heterocycles. The number of aromatic nitrogens is 2. The van der Waals surface area contributed by atoms with E-state index in [1.54, 1.807) is 51.4 Å². The molecule has 0 aliphatic carbocycles. The van der Waals surface area contributed by atoms with E-state index in [0.29, 0.717) is 33.7 Å². The Kier molecular flexibility index (Phi) is 8.40. The molecule has 0 amide bonds. The minimum atomic E-state index is -0.756. The van der Waals surface area contributed by atoms with Crippen molar-refractivity contribution in [3.8, 4) is 23.1 Å². The van der Waals surface area contributed by atoms with Gasteiger partial charge < -0.3 is 18.6 Å². The number of hydrogen-bond donors (Lipinski definition) is 0. The highest BCUT2D eigenvalue weighted by Gasteiger charge is 2.20. The highest BCUT2D eigenvalue weighted by molar-refractivity contribution is 14.1. The number of esters is 1. The van der Waals surface area contributed by atoms with Crippen molar-refractivity contribution in [2.75, 3.05) is 13.7 Å². The van der Waals surface area contributed by atoms with Crippen LogP contribution in [0.5, 0.6) is 11.5 Å². The summed E-state index contributed by atoms with van der Waals surface area (Å²) in [5.41, 5.74) is 1.52. The van der Waals surface area contributed by atoms with E-state index in [4.69, 9.17) is 23.6 Å². The molecule has 0 saturated carbocycles. The van der Waals surface area contributed by atoms with Gasteiger partial charge in [0.25, 0.3) is 5.56 Å². The lowest BCUT2D eigenvalue weighted by Gasteiger charge is -2.16. The molecule has 0 bridgehead atoms. The summed E-state index contributed by atoms with van der Waals surface area (Å²) in [4.78, 5) is 30.4. The minimum Gasteiger partial charge on any atom is -0.496 e. The lowest BCUT2D eigenvalue weighted by molar-refractivity contribution is -0.150. The molecule has 0 spiro atoms. The normalized spacial score (nSPS) is 12.2. The lowest BCUT2D eigenvalue weighted by Crippen LogP contribution is -2.26. The van der Waals surface area contributed by atoms with Crippen LogP contribution < -0.4 is 15.0 Å². The predicted octanol–water partition coefficient (Wildman–Crippen LogP) is 6.24. The molecule has 204 valence electrons. The second kappa shape index (κ2) is 12.0. The van der Waals surface area contributed by atoms with Crippen LogP contribution in [0.15, 0.2) is 75.0 Å². The Morgan fingerprint density at radius 1 is 1.10 bits per heavy atom. The van der Waals surface area contributed by atoms with Crippen molar-refractivity contribution >= 4 is 79.2 Å². The van der Waals surface area contributed by atoms with Gasteiger partial charge >= 0.3 is 5.97 Å². The number of furan rings is 1. The Labute approximate surface area is 256 Å². The van der Waals surface area contributed by atoms with Crippen LogP contribution in [0.1, 0.15) is 19.4 Å². The highest BCUT2D eigenvalue weighted by atomic mass is 127. The number of para-hydroxylation sites is 1. The molecule has 9 nitrogen and oxygen atoms in total. The molecule has 5 aromatic rings. The summed E-state index contributed by atoms with van der Waals surface area (Å²) in [6.45, 7) is 3.68. The number of fused-ring (bicyclic) bond motifs is 2. The molecular weight excluding hydrogens is 740 g/mol. The molecule has 1 atom stereocenters. The predicted molar refractivity (Wildman–Crippen MR) is 169 cm³/mol. The van der Waals surface area contributed by atoms with Crippen molar-refractivity contribution < 1.29 is 23.4 Å². The number of methoxy groups -OCH3 is 1. The first-order chi connectivity index (χ1) is 19.3. The van der Waals surface area contributed by atoms with E-state index in [9.17, 15) is 9.59 Å². The largest absolute Gasteiger partial charge is 0.496 e. The summed E-state index contributed by atoms with van der Waals surface area (Å²) >= 11 is 4.28. The first-order valence-electron chi connectivity index (χ1n) is 12.3. The average molecular weight is 763 g/mol. The number of hydrogen-bond acceptors (Lipinski definition) is 8. The van der Waals surface area contributed by atoms with Gasteiger partial charge in [-0.15, -0.1) is 0 Å². The van der Waals surface area contributed by atoms with E-state index >= 15 is 0 Å². The van der Waals surface area contributed by atoms with Crippen LogP contribution in [-0.2, 0) is 9.53 Å². The smallest absolute Gasteiger partial charge is 0.347 e. The van der Waals surface area contributed by atoms with Gasteiger partial charge in [0.1, 0.15) is 17.1 Å². The fourth-order valence-electron chi connectivity index (χ4n) is 4.09. The van der Waals surface area contributed by atoms with Crippen LogP contribution in [0.2, 0.25) is 0 Å². The molecule has 0 aliphatic rings. The van der Waals surface area contributed by atoms with Crippen molar-refractivity contribution in [2.24, 2.45) is 5.10 Å². The number of carbonyl (C=O) groups excluding carboxylic acids is 1. The molecule has 40 heavy (non-hydrogen) atoms. The van der Waals surface area contributed by atoms with Gasteiger partial charge in [0.15, 0.2) is 11.9 Å². The number of ether oxygens (including phenoxy) is 3. The third kappa shape index (κ3) is 5.57. The van der Waals surface area contributed by atoms with E-state index < -0.39 is 12.1 Å². The number of rotatable bonds is 8. The maximum atomic E-state index is 13.6. The lowest BCUT2D eigenvalue weighted by atomic mass is 10.2. The zero-order chi connectivity index (χ0) is 28.4. The van der Waals surface area contributed by atoms with Crippen LogP contribution in [0.25, 0.3) is 33.5 Å². The summed E-state index contributed by atoms with van der Waals surface area (Å²) < 4.78 is 25.3. The summed E-state index contributed by atoms with van der Waals surface area (Å²) in [6, 6.07) is 18.1. The minimum absolute atomic E-state index is 0.255. The van der Waals surface area contributed by atoms with Gasteiger partial charge in [-0.25, -0.2) is 9.78 Å². The summed E-state index contributed by atoms with van der Waals surface area (Å²) in [6.07, 6.45) is 0.821. The molecule has 0 saturated heterocycles. The number of carbonyl (C=O) groups is 1. The number of halogens is 2. The van der Waals surface area contributed by atoms with Gasteiger partial charge in [-0.1, -0.05) is 18.2 Å². The average Bonchev–Trinajstić information content (AvgIpc) is 3.39. The maximum absolute atomic E-state index is 13.6. The Balaban J connectivity index is 1.57. The maximum Gasteiger partial charge on any atom is 0.347 e. The Morgan fingerprint density at radius 3 is 2.58 bits per heavy atom.